The number of rotatable bonds is 6. The minimum absolute atomic E-state index is 0.280. The van der Waals surface area contributed by atoms with Crippen LogP contribution >= 0.6 is 0 Å². The molecule has 1 saturated carbocycles. The molecule has 116 valence electrons. The van der Waals surface area contributed by atoms with Gasteiger partial charge in [-0.2, -0.15) is 0 Å². The summed E-state index contributed by atoms with van der Waals surface area (Å²) in [5.74, 6) is 3.65. The maximum Gasteiger partial charge on any atom is 0.137 e. The van der Waals surface area contributed by atoms with Gasteiger partial charge in [0, 0.05) is 37.7 Å². The van der Waals surface area contributed by atoms with Crippen LogP contribution in [0.25, 0.3) is 0 Å². The van der Waals surface area contributed by atoms with Gasteiger partial charge in [-0.3, -0.25) is 0 Å². The average Bonchev–Trinajstić information content (AvgIpc) is 3.24. The summed E-state index contributed by atoms with van der Waals surface area (Å²) >= 11 is 0. The second-order valence-corrected chi connectivity index (χ2v) is 6.26. The number of hydrogen-bond donors (Lipinski definition) is 2. The lowest BCUT2D eigenvalue weighted by atomic mass is 10.1. The smallest absolute Gasteiger partial charge is 0.137 e. The van der Waals surface area contributed by atoms with Crippen LogP contribution in [0.15, 0.2) is 0 Å². The highest BCUT2D eigenvalue weighted by Gasteiger charge is 2.31. The molecule has 1 unspecified atom stereocenters. The molecule has 21 heavy (non-hydrogen) atoms. The van der Waals surface area contributed by atoms with Crippen LogP contribution in [0, 0.1) is 6.92 Å². The van der Waals surface area contributed by atoms with E-state index in [-0.39, 0.29) is 6.61 Å². The van der Waals surface area contributed by atoms with E-state index >= 15 is 0 Å². The molecular weight excluding hydrogens is 264 g/mol. The van der Waals surface area contributed by atoms with Crippen molar-refractivity contribution in [3.8, 4) is 0 Å². The van der Waals surface area contributed by atoms with Crippen LogP contribution in [-0.4, -0.2) is 41.3 Å². The summed E-state index contributed by atoms with van der Waals surface area (Å²) in [5, 5.41) is 12.3. The van der Waals surface area contributed by atoms with Crippen molar-refractivity contribution in [3.63, 3.8) is 0 Å². The highest BCUT2D eigenvalue weighted by Crippen LogP contribution is 2.41. The predicted octanol–water partition coefficient (Wildman–Crippen LogP) is 2.45. The van der Waals surface area contributed by atoms with Crippen molar-refractivity contribution in [1.82, 2.24) is 9.97 Å². The topological polar surface area (TPSA) is 61.3 Å². The van der Waals surface area contributed by atoms with Gasteiger partial charge in [-0.25, -0.2) is 9.97 Å². The number of aromatic nitrogens is 2. The Labute approximate surface area is 126 Å². The van der Waals surface area contributed by atoms with Crippen molar-refractivity contribution in [2.45, 2.75) is 57.4 Å². The highest BCUT2D eigenvalue weighted by atomic mass is 16.2. The Balaban J connectivity index is 1.90. The Morgan fingerprint density at radius 3 is 2.76 bits per heavy atom. The van der Waals surface area contributed by atoms with E-state index < -0.39 is 0 Å². The van der Waals surface area contributed by atoms with Crippen LogP contribution in [0.3, 0.4) is 0 Å². The van der Waals surface area contributed by atoms with E-state index in [9.17, 15) is 0 Å². The molecule has 2 aliphatic rings. The van der Waals surface area contributed by atoms with Crippen LogP contribution in [0.4, 0.5) is 11.6 Å². The lowest BCUT2D eigenvalue weighted by Gasteiger charge is -2.28. The van der Waals surface area contributed by atoms with Gasteiger partial charge in [0.05, 0.1) is 0 Å². The van der Waals surface area contributed by atoms with Crippen LogP contribution < -0.4 is 10.2 Å². The lowest BCUT2D eigenvalue weighted by molar-refractivity contribution is 0.279. The fourth-order valence-electron chi connectivity index (χ4n) is 3.31. The summed E-state index contributed by atoms with van der Waals surface area (Å²) in [6.45, 7) is 3.46. The second kappa shape index (κ2) is 6.18. The molecule has 2 fully saturated rings. The second-order valence-electron chi connectivity index (χ2n) is 6.26. The molecule has 0 amide bonds. The summed E-state index contributed by atoms with van der Waals surface area (Å²) in [4.78, 5) is 12.0. The van der Waals surface area contributed by atoms with Crippen molar-refractivity contribution in [1.29, 1.82) is 0 Å². The quantitative estimate of drug-likeness (QED) is 0.842. The Kier molecular flexibility index (Phi) is 4.29. The molecular formula is C16H26N4O. The first-order chi connectivity index (χ1) is 10.2. The van der Waals surface area contributed by atoms with Gasteiger partial charge in [-0.1, -0.05) is 0 Å². The molecule has 1 saturated heterocycles. The van der Waals surface area contributed by atoms with Crippen LogP contribution in [0.2, 0.25) is 0 Å². The minimum Gasteiger partial charge on any atom is -0.396 e. The summed E-state index contributed by atoms with van der Waals surface area (Å²) in [6.07, 6.45) is 6.79. The maximum atomic E-state index is 9.09. The van der Waals surface area contributed by atoms with E-state index in [2.05, 4.69) is 22.1 Å². The third-order valence-electron chi connectivity index (χ3n) is 4.66. The van der Waals surface area contributed by atoms with Gasteiger partial charge in [0.1, 0.15) is 17.5 Å². The third-order valence-corrected chi connectivity index (χ3v) is 4.66. The molecule has 0 spiro atoms. The van der Waals surface area contributed by atoms with E-state index in [1.54, 1.807) is 0 Å². The van der Waals surface area contributed by atoms with Crippen LogP contribution in [-0.2, 0) is 0 Å². The molecule has 2 N–H and O–H groups in total. The van der Waals surface area contributed by atoms with Crippen molar-refractivity contribution in [3.05, 3.63) is 11.4 Å². The van der Waals surface area contributed by atoms with Crippen LogP contribution in [0.1, 0.15) is 55.8 Å². The Bertz CT molecular complexity index is 501. The third kappa shape index (κ3) is 2.98. The molecule has 5 heteroatoms. The molecule has 3 rings (SSSR count). The van der Waals surface area contributed by atoms with Crippen molar-refractivity contribution in [2.24, 2.45) is 0 Å². The first-order valence-electron chi connectivity index (χ1n) is 8.18. The summed E-state index contributed by atoms with van der Waals surface area (Å²) < 4.78 is 0. The Morgan fingerprint density at radius 1 is 1.29 bits per heavy atom. The molecule has 0 aromatic carbocycles. The van der Waals surface area contributed by atoms with Gasteiger partial charge >= 0.3 is 0 Å². The summed E-state index contributed by atoms with van der Waals surface area (Å²) in [5.41, 5.74) is 1.15. The van der Waals surface area contributed by atoms with E-state index in [4.69, 9.17) is 10.1 Å². The zero-order chi connectivity index (χ0) is 14.8. The predicted molar refractivity (Wildman–Crippen MR) is 85.0 cm³/mol. The standard InChI is InChI=1S/C16H26N4O/c1-11-14(17-2)18-15(12-7-8-12)19-16(11)20-9-3-5-13(20)6-4-10-21/h12-13,21H,3-10H2,1-2H3,(H,17,18,19). The summed E-state index contributed by atoms with van der Waals surface area (Å²) in [6, 6.07) is 0.516. The average molecular weight is 290 g/mol. The molecule has 1 atom stereocenters. The van der Waals surface area contributed by atoms with Gasteiger partial charge < -0.3 is 15.3 Å². The van der Waals surface area contributed by atoms with Crippen molar-refractivity contribution < 1.29 is 5.11 Å². The SMILES string of the molecule is CNc1nc(C2CC2)nc(N2CCCC2CCCO)c1C. The highest BCUT2D eigenvalue weighted by molar-refractivity contribution is 5.59. The van der Waals surface area contributed by atoms with E-state index in [0.29, 0.717) is 12.0 Å². The first kappa shape index (κ1) is 14.6. The van der Waals surface area contributed by atoms with Gasteiger partial charge in [-0.15, -0.1) is 0 Å². The van der Waals surface area contributed by atoms with Crippen molar-refractivity contribution >= 4 is 11.6 Å². The number of aliphatic hydroxyl groups excluding tert-OH is 1. The van der Waals surface area contributed by atoms with E-state index in [0.717, 1.165) is 42.4 Å². The maximum absolute atomic E-state index is 9.09. The normalized spacial score (nSPS) is 21.9. The number of aliphatic hydroxyl groups is 1. The monoisotopic (exact) mass is 290 g/mol. The Hall–Kier alpha value is -1.36. The number of hydrogen-bond acceptors (Lipinski definition) is 5. The first-order valence-corrected chi connectivity index (χ1v) is 8.18. The largest absolute Gasteiger partial charge is 0.396 e. The molecule has 0 bridgehead atoms. The molecule has 5 nitrogen and oxygen atoms in total. The molecule has 1 aliphatic heterocycles. The fraction of sp³-hybridized carbons (Fsp3) is 0.750. The van der Waals surface area contributed by atoms with E-state index in [1.165, 1.54) is 25.7 Å². The van der Waals surface area contributed by atoms with Gasteiger partial charge in [0.2, 0.25) is 0 Å². The molecule has 1 aromatic heterocycles. The minimum atomic E-state index is 0.280. The van der Waals surface area contributed by atoms with Gasteiger partial charge in [-0.05, 0) is 45.4 Å². The number of nitrogens with one attached hydrogen (secondary N) is 1. The zero-order valence-corrected chi connectivity index (χ0v) is 13.1. The zero-order valence-electron chi connectivity index (χ0n) is 13.1. The van der Waals surface area contributed by atoms with Crippen LogP contribution in [0.5, 0.6) is 0 Å². The van der Waals surface area contributed by atoms with Gasteiger partial charge in [0.15, 0.2) is 0 Å². The molecule has 0 radical (unpaired) electrons. The Morgan fingerprint density at radius 2 is 2.10 bits per heavy atom. The van der Waals surface area contributed by atoms with Gasteiger partial charge in [0.25, 0.3) is 0 Å². The van der Waals surface area contributed by atoms with Crippen molar-refractivity contribution in [2.75, 3.05) is 30.4 Å². The molecule has 1 aromatic rings. The summed E-state index contributed by atoms with van der Waals surface area (Å²) in [7, 11) is 1.93. The number of nitrogens with zero attached hydrogens (tertiary/aromatic N) is 3. The molecule has 1 aliphatic carbocycles. The fourth-order valence-corrected chi connectivity index (χ4v) is 3.31. The van der Waals surface area contributed by atoms with E-state index in [1.807, 2.05) is 7.05 Å². The number of anilines is 2. The molecule has 2 heterocycles. The lowest BCUT2D eigenvalue weighted by Crippen LogP contribution is -2.31.